The summed E-state index contributed by atoms with van der Waals surface area (Å²) >= 11 is 0. The van der Waals surface area contributed by atoms with Crippen molar-refractivity contribution in [2.75, 3.05) is 7.11 Å². The minimum atomic E-state index is -1.47. The molecule has 78 valence electrons. The smallest absolute Gasteiger partial charge is 0.343 e. The van der Waals surface area contributed by atoms with Crippen molar-refractivity contribution in [2.45, 2.75) is 26.4 Å². The van der Waals surface area contributed by atoms with E-state index >= 15 is 0 Å². The van der Waals surface area contributed by atoms with Gasteiger partial charge in [0.05, 0.1) is 5.69 Å². The Morgan fingerprint density at radius 1 is 1.57 bits per heavy atom. The topological polar surface area (TPSA) is 72.6 Å². The monoisotopic (exact) mass is 199 g/mol. The molecule has 1 aromatic rings. The van der Waals surface area contributed by atoms with E-state index in [9.17, 15) is 4.79 Å². The lowest BCUT2D eigenvalue weighted by Crippen LogP contribution is -2.34. The second kappa shape index (κ2) is 3.42. The highest BCUT2D eigenvalue weighted by atomic mass is 16.5. The molecule has 1 rings (SSSR count). The molecule has 0 radical (unpaired) electrons. The molecule has 1 heterocycles. The molecule has 0 saturated carbocycles. The van der Waals surface area contributed by atoms with Gasteiger partial charge in [0.2, 0.25) is 5.60 Å². The molecule has 0 fully saturated rings. The van der Waals surface area contributed by atoms with Crippen LogP contribution >= 0.6 is 0 Å². The average Bonchev–Trinajstić information content (AvgIpc) is 2.44. The molecule has 0 aliphatic heterocycles. The lowest BCUT2D eigenvalue weighted by atomic mass is 10.0. The van der Waals surface area contributed by atoms with Crippen molar-refractivity contribution < 1.29 is 19.1 Å². The molecule has 1 unspecified atom stereocenters. The highest BCUT2D eigenvalue weighted by Gasteiger charge is 2.40. The first-order chi connectivity index (χ1) is 6.41. The van der Waals surface area contributed by atoms with Crippen LogP contribution in [0.25, 0.3) is 0 Å². The van der Waals surface area contributed by atoms with Gasteiger partial charge in [0.25, 0.3) is 0 Å². The predicted octanol–water partition coefficient (Wildman–Crippen LogP) is 1.24. The van der Waals surface area contributed by atoms with Gasteiger partial charge in [-0.15, -0.1) is 0 Å². The van der Waals surface area contributed by atoms with Crippen molar-refractivity contribution >= 4 is 5.97 Å². The SMILES string of the molecule is COC(C)(C(=O)O)c1oc(C)nc1C. The molecular formula is C9H13NO4. The summed E-state index contributed by atoms with van der Waals surface area (Å²) in [5, 5.41) is 9.01. The van der Waals surface area contributed by atoms with Crippen LogP contribution in [-0.2, 0) is 15.1 Å². The Kier molecular flexibility index (Phi) is 2.62. The van der Waals surface area contributed by atoms with E-state index in [0.717, 1.165) is 0 Å². The molecule has 1 atom stereocenters. The fraction of sp³-hybridized carbons (Fsp3) is 0.556. The van der Waals surface area contributed by atoms with Crippen LogP contribution < -0.4 is 0 Å². The molecule has 1 aromatic heterocycles. The van der Waals surface area contributed by atoms with E-state index in [-0.39, 0.29) is 5.76 Å². The molecule has 1 N–H and O–H groups in total. The molecule has 0 bridgehead atoms. The molecule has 0 saturated heterocycles. The summed E-state index contributed by atoms with van der Waals surface area (Å²) in [5.41, 5.74) is -0.931. The maximum atomic E-state index is 11.0. The maximum Gasteiger partial charge on any atom is 0.343 e. The fourth-order valence-electron chi connectivity index (χ4n) is 1.25. The second-order valence-corrected chi connectivity index (χ2v) is 3.19. The number of ether oxygens (including phenoxy) is 1. The Bertz CT molecular complexity index is 358. The summed E-state index contributed by atoms with van der Waals surface area (Å²) in [6, 6.07) is 0. The molecule has 0 aliphatic carbocycles. The van der Waals surface area contributed by atoms with Gasteiger partial charge in [0, 0.05) is 14.0 Å². The maximum absolute atomic E-state index is 11.0. The number of hydrogen-bond acceptors (Lipinski definition) is 4. The van der Waals surface area contributed by atoms with Crippen LogP contribution in [0.5, 0.6) is 0 Å². The van der Waals surface area contributed by atoms with Crippen LogP contribution in [0.2, 0.25) is 0 Å². The summed E-state index contributed by atoms with van der Waals surface area (Å²) in [4.78, 5) is 15.0. The lowest BCUT2D eigenvalue weighted by Gasteiger charge is -2.20. The van der Waals surface area contributed by atoms with Crippen LogP contribution in [0.1, 0.15) is 24.3 Å². The second-order valence-electron chi connectivity index (χ2n) is 3.19. The van der Waals surface area contributed by atoms with Gasteiger partial charge < -0.3 is 14.3 Å². The lowest BCUT2D eigenvalue weighted by molar-refractivity contribution is -0.163. The van der Waals surface area contributed by atoms with Crippen molar-refractivity contribution in [1.29, 1.82) is 0 Å². The van der Waals surface area contributed by atoms with E-state index in [1.54, 1.807) is 13.8 Å². The third-order valence-electron chi connectivity index (χ3n) is 2.15. The molecule has 14 heavy (non-hydrogen) atoms. The number of nitrogens with zero attached hydrogens (tertiary/aromatic N) is 1. The molecule has 5 nitrogen and oxygen atoms in total. The minimum absolute atomic E-state index is 0.241. The number of oxazole rings is 1. The quantitative estimate of drug-likeness (QED) is 0.792. The Labute approximate surface area is 81.7 Å². The van der Waals surface area contributed by atoms with Crippen molar-refractivity contribution in [3.8, 4) is 0 Å². The van der Waals surface area contributed by atoms with Gasteiger partial charge in [-0.3, -0.25) is 0 Å². The predicted molar refractivity (Wildman–Crippen MR) is 48.0 cm³/mol. The van der Waals surface area contributed by atoms with E-state index in [1.807, 2.05) is 0 Å². The van der Waals surface area contributed by atoms with Crippen LogP contribution in [-0.4, -0.2) is 23.2 Å². The summed E-state index contributed by atoms with van der Waals surface area (Å²) in [7, 11) is 1.32. The summed E-state index contributed by atoms with van der Waals surface area (Å²) < 4.78 is 10.2. The van der Waals surface area contributed by atoms with Gasteiger partial charge >= 0.3 is 5.97 Å². The van der Waals surface area contributed by atoms with Gasteiger partial charge in [0.15, 0.2) is 11.7 Å². The van der Waals surface area contributed by atoms with Gasteiger partial charge in [-0.05, 0) is 13.8 Å². The van der Waals surface area contributed by atoms with Gasteiger partial charge in [-0.2, -0.15) is 0 Å². The van der Waals surface area contributed by atoms with E-state index in [0.29, 0.717) is 11.6 Å². The standard InChI is InChI=1S/C9H13NO4/c1-5-7(14-6(2)10-5)9(3,13-4)8(11)12/h1-4H3,(H,11,12). The van der Waals surface area contributed by atoms with Crippen LogP contribution in [0, 0.1) is 13.8 Å². The molecule has 0 aliphatic rings. The van der Waals surface area contributed by atoms with E-state index in [2.05, 4.69) is 4.98 Å². The third-order valence-corrected chi connectivity index (χ3v) is 2.15. The zero-order chi connectivity index (χ0) is 10.9. The normalized spacial score (nSPS) is 15.1. The zero-order valence-electron chi connectivity index (χ0n) is 8.62. The van der Waals surface area contributed by atoms with Gasteiger partial charge in [0.1, 0.15) is 0 Å². The highest BCUT2D eigenvalue weighted by molar-refractivity contribution is 5.78. The number of hydrogen-bond donors (Lipinski definition) is 1. The molecule has 0 amide bonds. The van der Waals surface area contributed by atoms with Crippen molar-refractivity contribution in [3.05, 3.63) is 17.3 Å². The summed E-state index contributed by atoms with van der Waals surface area (Å²) in [6.45, 7) is 4.78. The Hall–Kier alpha value is -1.36. The van der Waals surface area contributed by atoms with Gasteiger partial charge in [-0.25, -0.2) is 9.78 Å². The molecular weight excluding hydrogens is 186 g/mol. The fourth-order valence-corrected chi connectivity index (χ4v) is 1.25. The number of aromatic nitrogens is 1. The number of carboxylic acids is 1. The Morgan fingerprint density at radius 3 is 2.43 bits per heavy atom. The third kappa shape index (κ3) is 1.50. The van der Waals surface area contributed by atoms with Crippen molar-refractivity contribution in [3.63, 3.8) is 0 Å². The van der Waals surface area contributed by atoms with E-state index < -0.39 is 11.6 Å². The summed E-state index contributed by atoms with van der Waals surface area (Å²) in [6.07, 6.45) is 0. The number of methoxy groups -OCH3 is 1. The van der Waals surface area contributed by atoms with Crippen LogP contribution in [0.3, 0.4) is 0 Å². The first-order valence-electron chi connectivity index (χ1n) is 4.15. The Balaban J connectivity index is 3.25. The number of aliphatic carboxylic acids is 1. The molecule has 5 heteroatoms. The number of aryl methyl sites for hydroxylation is 2. The molecule has 0 aromatic carbocycles. The summed E-state index contributed by atoms with van der Waals surface area (Å²) in [5.74, 6) is -0.425. The van der Waals surface area contributed by atoms with Crippen molar-refractivity contribution in [2.24, 2.45) is 0 Å². The van der Waals surface area contributed by atoms with Crippen molar-refractivity contribution in [1.82, 2.24) is 4.98 Å². The average molecular weight is 199 g/mol. The van der Waals surface area contributed by atoms with Crippen LogP contribution in [0.15, 0.2) is 4.42 Å². The number of carboxylic acid groups (broad SMARTS) is 1. The highest BCUT2D eigenvalue weighted by Crippen LogP contribution is 2.28. The first-order valence-corrected chi connectivity index (χ1v) is 4.15. The van der Waals surface area contributed by atoms with E-state index in [1.165, 1.54) is 14.0 Å². The zero-order valence-corrected chi connectivity index (χ0v) is 8.62. The van der Waals surface area contributed by atoms with E-state index in [4.69, 9.17) is 14.3 Å². The van der Waals surface area contributed by atoms with Gasteiger partial charge in [-0.1, -0.05) is 0 Å². The number of rotatable bonds is 3. The largest absolute Gasteiger partial charge is 0.479 e. The Morgan fingerprint density at radius 2 is 2.14 bits per heavy atom. The molecule has 0 spiro atoms. The number of carbonyl (C=O) groups is 1. The first kappa shape index (κ1) is 10.7. The van der Waals surface area contributed by atoms with Crippen LogP contribution in [0.4, 0.5) is 0 Å². The minimum Gasteiger partial charge on any atom is -0.479 e.